The first kappa shape index (κ1) is 13.3. The van der Waals surface area contributed by atoms with Crippen molar-refractivity contribution in [2.24, 2.45) is 5.92 Å². The van der Waals surface area contributed by atoms with Crippen LogP contribution >= 0.6 is 0 Å². The van der Waals surface area contributed by atoms with Gasteiger partial charge in [0.2, 0.25) is 11.8 Å². The highest BCUT2D eigenvalue weighted by Gasteiger charge is 2.33. The molecule has 1 aromatic rings. The summed E-state index contributed by atoms with van der Waals surface area (Å²) < 4.78 is 0. The van der Waals surface area contributed by atoms with E-state index in [0.717, 1.165) is 12.0 Å². The maximum atomic E-state index is 11.9. The fraction of sp³-hybridized carbons (Fsp3) is 0.462. The largest absolute Gasteiger partial charge is 0.355 e. The highest BCUT2D eigenvalue weighted by atomic mass is 16.2. The van der Waals surface area contributed by atoms with Crippen molar-refractivity contribution in [3.8, 4) is 0 Å². The van der Waals surface area contributed by atoms with Crippen LogP contribution in [-0.4, -0.2) is 46.5 Å². The summed E-state index contributed by atoms with van der Waals surface area (Å²) in [5.41, 5.74) is 1.05. The molecule has 1 aliphatic heterocycles. The average Bonchev–Trinajstić information content (AvgIpc) is 3.01. The first-order valence-corrected chi connectivity index (χ1v) is 6.34. The first-order valence-electron chi connectivity index (χ1n) is 6.34. The van der Waals surface area contributed by atoms with E-state index in [2.05, 4.69) is 22.1 Å². The van der Waals surface area contributed by atoms with E-state index in [1.807, 2.05) is 0 Å². The van der Waals surface area contributed by atoms with Crippen molar-refractivity contribution < 1.29 is 9.59 Å². The molecule has 0 radical (unpaired) electrons. The Morgan fingerprint density at radius 1 is 1.68 bits per heavy atom. The standard InChI is InChI=1S/C13H18N4O2/c1-2-5-17-9-11(6-12(17)18)13(19)14-4-3-10-7-15-16-8-10/h2,7-8,11H,1,3-6,9H2,(H,14,19)(H,15,16). The van der Waals surface area contributed by atoms with E-state index in [-0.39, 0.29) is 17.7 Å². The van der Waals surface area contributed by atoms with Crippen molar-refractivity contribution in [3.05, 3.63) is 30.6 Å². The summed E-state index contributed by atoms with van der Waals surface area (Å²) in [7, 11) is 0. The van der Waals surface area contributed by atoms with Gasteiger partial charge in [-0.25, -0.2) is 0 Å². The lowest BCUT2D eigenvalue weighted by molar-refractivity contribution is -0.128. The number of aromatic amines is 1. The third-order valence-corrected chi connectivity index (χ3v) is 3.20. The molecule has 2 heterocycles. The van der Waals surface area contributed by atoms with Crippen molar-refractivity contribution in [3.63, 3.8) is 0 Å². The van der Waals surface area contributed by atoms with Gasteiger partial charge in [-0.15, -0.1) is 6.58 Å². The Kier molecular flexibility index (Phi) is 4.33. The van der Waals surface area contributed by atoms with Gasteiger partial charge < -0.3 is 10.2 Å². The van der Waals surface area contributed by atoms with E-state index >= 15 is 0 Å². The third-order valence-electron chi connectivity index (χ3n) is 3.20. The molecule has 6 heteroatoms. The van der Waals surface area contributed by atoms with Crippen LogP contribution in [0.4, 0.5) is 0 Å². The number of H-pyrrole nitrogens is 1. The van der Waals surface area contributed by atoms with Crippen LogP contribution in [0.1, 0.15) is 12.0 Å². The summed E-state index contributed by atoms with van der Waals surface area (Å²) in [5, 5.41) is 9.43. The van der Waals surface area contributed by atoms with Crippen LogP contribution in [0.25, 0.3) is 0 Å². The van der Waals surface area contributed by atoms with Gasteiger partial charge in [-0.2, -0.15) is 5.10 Å². The maximum absolute atomic E-state index is 11.9. The summed E-state index contributed by atoms with van der Waals surface area (Å²) in [5.74, 6) is -0.268. The number of hydrogen-bond acceptors (Lipinski definition) is 3. The summed E-state index contributed by atoms with van der Waals surface area (Å²) in [6, 6.07) is 0. The Bertz CT molecular complexity index is 455. The van der Waals surface area contributed by atoms with Gasteiger partial charge in [0.1, 0.15) is 0 Å². The average molecular weight is 262 g/mol. The van der Waals surface area contributed by atoms with Crippen LogP contribution in [0.5, 0.6) is 0 Å². The molecular formula is C13H18N4O2. The summed E-state index contributed by atoms with van der Waals surface area (Å²) in [6.45, 7) is 5.16. The smallest absolute Gasteiger partial charge is 0.225 e. The lowest BCUT2D eigenvalue weighted by Crippen LogP contribution is -2.34. The zero-order chi connectivity index (χ0) is 13.7. The van der Waals surface area contributed by atoms with Crippen molar-refractivity contribution in [1.29, 1.82) is 0 Å². The predicted octanol–water partition coefficient (Wildman–Crippen LogP) is 0.103. The minimum absolute atomic E-state index is 0.0230. The molecule has 102 valence electrons. The number of carbonyl (C=O) groups excluding carboxylic acids is 2. The Hall–Kier alpha value is -2.11. The van der Waals surface area contributed by atoms with Crippen LogP contribution in [0.2, 0.25) is 0 Å². The Balaban J connectivity index is 1.74. The number of likely N-dealkylation sites (tertiary alicyclic amines) is 1. The number of carbonyl (C=O) groups is 2. The van der Waals surface area contributed by atoms with Crippen LogP contribution < -0.4 is 5.32 Å². The minimum Gasteiger partial charge on any atom is -0.355 e. The number of nitrogens with one attached hydrogen (secondary N) is 2. The summed E-state index contributed by atoms with van der Waals surface area (Å²) >= 11 is 0. The number of rotatable bonds is 6. The van der Waals surface area contributed by atoms with E-state index < -0.39 is 0 Å². The number of aromatic nitrogens is 2. The molecule has 1 aliphatic rings. The van der Waals surface area contributed by atoms with E-state index in [9.17, 15) is 9.59 Å². The van der Waals surface area contributed by atoms with Gasteiger partial charge in [0.05, 0.1) is 12.1 Å². The fourth-order valence-corrected chi connectivity index (χ4v) is 2.17. The van der Waals surface area contributed by atoms with E-state index in [4.69, 9.17) is 0 Å². The van der Waals surface area contributed by atoms with Crippen molar-refractivity contribution in [2.45, 2.75) is 12.8 Å². The fourth-order valence-electron chi connectivity index (χ4n) is 2.17. The predicted molar refractivity (Wildman–Crippen MR) is 70.2 cm³/mol. The molecular weight excluding hydrogens is 244 g/mol. The second-order valence-electron chi connectivity index (χ2n) is 4.64. The lowest BCUT2D eigenvalue weighted by Gasteiger charge is -2.13. The zero-order valence-electron chi connectivity index (χ0n) is 10.8. The van der Waals surface area contributed by atoms with E-state index in [0.29, 0.717) is 26.1 Å². The van der Waals surface area contributed by atoms with Crippen molar-refractivity contribution in [1.82, 2.24) is 20.4 Å². The zero-order valence-corrected chi connectivity index (χ0v) is 10.8. The van der Waals surface area contributed by atoms with Gasteiger partial charge in [0, 0.05) is 32.3 Å². The molecule has 0 aliphatic carbocycles. The molecule has 1 saturated heterocycles. The SMILES string of the molecule is C=CCN1CC(C(=O)NCCc2cn[nH]c2)CC1=O. The monoisotopic (exact) mass is 262 g/mol. The van der Waals surface area contributed by atoms with E-state index in [1.54, 1.807) is 23.4 Å². The van der Waals surface area contributed by atoms with Crippen LogP contribution in [0, 0.1) is 5.92 Å². The number of nitrogens with zero attached hydrogens (tertiary/aromatic N) is 2. The molecule has 2 amide bonds. The molecule has 0 spiro atoms. The normalized spacial score (nSPS) is 18.6. The van der Waals surface area contributed by atoms with Gasteiger partial charge in [-0.1, -0.05) is 6.08 Å². The summed E-state index contributed by atoms with van der Waals surface area (Å²) in [6.07, 6.45) is 6.25. The molecule has 0 bridgehead atoms. The van der Waals surface area contributed by atoms with Gasteiger partial charge in [-0.05, 0) is 12.0 Å². The van der Waals surface area contributed by atoms with Gasteiger partial charge in [0.25, 0.3) is 0 Å². The topological polar surface area (TPSA) is 78.1 Å². The highest BCUT2D eigenvalue weighted by Crippen LogP contribution is 2.17. The Morgan fingerprint density at radius 3 is 3.21 bits per heavy atom. The molecule has 0 saturated carbocycles. The lowest BCUT2D eigenvalue weighted by atomic mass is 10.1. The minimum atomic E-state index is -0.239. The highest BCUT2D eigenvalue weighted by molar-refractivity contribution is 5.89. The second-order valence-corrected chi connectivity index (χ2v) is 4.64. The van der Waals surface area contributed by atoms with Crippen LogP contribution in [-0.2, 0) is 16.0 Å². The number of hydrogen-bond donors (Lipinski definition) is 2. The third kappa shape index (κ3) is 3.43. The van der Waals surface area contributed by atoms with Crippen molar-refractivity contribution >= 4 is 11.8 Å². The second kappa shape index (κ2) is 6.17. The Morgan fingerprint density at radius 2 is 2.53 bits per heavy atom. The molecule has 0 aromatic carbocycles. The summed E-state index contributed by atoms with van der Waals surface area (Å²) in [4.78, 5) is 25.2. The molecule has 1 unspecified atom stereocenters. The van der Waals surface area contributed by atoms with Crippen LogP contribution in [0.15, 0.2) is 25.0 Å². The molecule has 1 aromatic heterocycles. The maximum Gasteiger partial charge on any atom is 0.225 e. The van der Waals surface area contributed by atoms with E-state index in [1.165, 1.54) is 0 Å². The van der Waals surface area contributed by atoms with Gasteiger partial charge in [-0.3, -0.25) is 14.7 Å². The molecule has 6 nitrogen and oxygen atoms in total. The van der Waals surface area contributed by atoms with Crippen molar-refractivity contribution in [2.75, 3.05) is 19.6 Å². The quantitative estimate of drug-likeness (QED) is 0.714. The molecule has 19 heavy (non-hydrogen) atoms. The molecule has 1 fully saturated rings. The van der Waals surface area contributed by atoms with Crippen LogP contribution in [0.3, 0.4) is 0 Å². The molecule has 2 N–H and O–H groups in total. The first-order chi connectivity index (χ1) is 9.20. The molecule has 2 rings (SSSR count). The van der Waals surface area contributed by atoms with Gasteiger partial charge >= 0.3 is 0 Å². The number of amides is 2. The van der Waals surface area contributed by atoms with Gasteiger partial charge in [0.15, 0.2) is 0 Å². The molecule has 1 atom stereocenters. The Labute approximate surface area is 111 Å².